The van der Waals surface area contributed by atoms with Crippen LogP contribution >= 0.6 is 0 Å². The lowest BCUT2D eigenvalue weighted by molar-refractivity contribution is -0.115. The minimum Gasteiger partial charge on any atom is -0.360 e. The summed E-state index contributed by atoms with van der Waals surface area (Å²) in [5, 5.41) is 5.97. The van der Waals surface area contributed by atoms with E-state index in [2.05, 4.69) is 25.2 Å². The van der Waals surface area contributed by atoms with Gasteiger partial charge >= 0.3 is 5.69 Å². The molecule has 24 heavy (non-hydrogen) atoms. The number of aryl methyl sites for hydroxylation is 1. The molecule has 2 aromatic heterocycles. The largest absolute Gasteiger partial charge is 0.360 e. The summed E-state index contributed by atoms with van der Waals surface area (Å²) in [4.78, 5) is 27.8. The number of nitrogens with zero attached hydrogens (tertiary/aromatic N) is 1. The number of amides is 1. The predicted octanol–water partition coefficient (Wildman–Crippen LogP) is 0.0696. The highest BCUT2D eigenvalue weighted by molar-refractivity contribution is 7.89. The van der Waals surface area contributed by atoms with Gasteiger partial charge in [0.15, 0.2) is 5.82 Å². The molecule has 2 heterocycles. The Morgan fingerprint density at radius 3 is 2.71 bits per heavy atom. The third kappa shape index (κ3) is 3.36. The van der Waals surface area contributed by atoms with Gasteiger partial charge in [0.25, 0.3) is 0 Å². The molecule has 11 heteroatoms. The Kier molecular flexibility index (Phi) is 3.95. The van der Waals surface area contributed by atoms with Crippen molar-refractivity contribution in [3.63, 3.8) is 0 Å². The molecule has 0 bridgehead atoms. The van der Waals surface area contributed by atoms with Crippen LogP contribution in [0.4, 0.5) is 5.82 Å². The van der Waals surface area contributed by atoms with Crippen LogP contribution in [-0.4, -0.2) is 36.0 Å². The summed E-state index contributed by atoms with van der Waals surface area (Å²) in [7, 11) is -3.92. The van der Waals surface area contributed by atoms with Gasteiger partial charge in [-0.15, -0.1) is 0 Å². The van der Waals surface area contributed by atoms with Crippen molar-refractivity contribution in [2.45, 2.75) is 11.8 Å². The van der Waals surface area contributed by atoms with E-state index in [0.717, 1.165) is 0 Å². The number of anilines is 1. The van der Waals surface area contributed by atoms with Gasteiger partial charge in [0.1, 0.15) is 5.76 Å². The van der Waals surface area contributed by atoms with Gasteiger partial charge in [-0.05, 0) is 25.1 Å². The molecule has 0 fully saturated rings. The van der Waals surface area contributed by atoms with Crippen molar-refractivity contribution < 1.29 is 17.7 Å². The molecule has 10 nitrogen and oxygen atoms in total. The molecule has 0 saturated carbocycles. The Bertz CT molecular complexity index is 1060. The van der Waals surface area contributed by atoms with E-state index in [-0.39, 0.29) is 10.7 Å². The van der Waals surface area contributed by atoms with Gasteiger partial charge in [-0.1, -0.05) is 5.16 Å². The van der Waals surface area contributed by atoms with Gasteiger partial charge in [-0.3, -0.25) is 4.79 Å². The number of H-pyrrole nitrogens is 2. The quantitative estimate of drug-likeness (QED) is 0.511. The molecule has 126 valence electrons. The van der Waals surface area contributed by atoms with Crippen LogP contribution in [0.15, 0.2) is 38.5 Å². The van der Waals surface area contributed by atoms with Crippen LogP contribution in [0, 0.1) is 6.92 Å². The molecule has 0 unspecified atom stereocenters. The zero-order chi connectivity index (χ0) is 17.3. The smallest absolute Gasteiger partial charge is 0.323 e. The second-order valence-corrected chi connectivity index (χ2v) is 6.75. The monoisotopic (exact) mass is 351 g/mol. The van der Waals surface area contributed by atoms with E-state index in [1.807, 2.05) is 0 Å². The van der Waals surface area contributed by atoms with Gasteiger partial charge < -0.3 is 19.8 Å². The number of benzene rings is 1. The summed E-state index contributed by atoms with van der Waals surface area (Å²) in [5.74, 6) is 0.116. The van der Waals surface area contributed by atoms with Crippen LogP contribution in [-0.2, 0) is 14.8 Å². The summed E-state index contributed by atoms with van der Waals surface area (Å²) in [6.07, 6.45) is 0. The number of fused-ring (bicyclic) bond motifs is 1. The average molecular weight is 351 g/mol. The first kappa shape index (κ1) is 16.0. The minimum atomic E-state index is -3.92. The summed E-state index contributed by atoms with van der Waals surface area (Å²) in [6.45, 7) is 1.18. The Labute approximate surface area is 135 Å². The maximum Gasteiger partial charge on any atom is 0.323 e. The number of hydrogen-bond acceptors (Lipinski definition) is 6. The van der Waals surface area contributed by atoms with Crippen LogP contribution in [0.25, 0.3) is 11.0 Å². The molecule has 3 aromatic rings. The van der Waals surface area contributed by atoms with E-state index in [9.17, 15) is 18.0 Å². The summed E-state index contributed by atoms with van der Waals surface area (Å²) >= 11 is 0. The molecule has 0 radical (unpaired) electrons. The SMILES string of the molecule is Cc1cc(NC(=O)CNS(=O)(=O)c2ccc3[nH]c(=O)[nH]c3c2)no1. The van der Waals surface area contributed by atoms with E-state index in [0.29, 0.717) is 16.8 Å². The fourth-order valence-electron chi connectivity index (χ4n) is 2.04. The van der Waals surface area contributed by atoms with E-state index < -0.39 is 28.2 Å². The highest BCUT2D eigenvalue weighted by Gasteiger charge is 2.17. The lowest BCUT2D eigenvalue weighted by Crippen LogP contribution is -2.33. The van der Waals surface area contributed by atoms with Crippen molar-refractivity contribution >= 4 is 32.8 Å². The molecule has 1 amide bonds. The maximum atomic E-state index is 12.2. The molecule has 4 N–H and O–H groups in total. The van der Waals surface area contributed by atoms with Crippen molar-refractivity contribution in [3.8, 4) is 0 Å². The fraction of sp³-hybridized carbons (Fsp3) is 0.154. The first-order valence-electron chi connectivity index (χ1n) is 6.78. The zero-order valence-electron chi connectivity index (χ0n) is 12.4. The van der Waals surface area contributed by atoms with Gasteiger partial charge in [0.2, 0.25) is 15.9 Å². The van der Waals surface area contributed by atoms with Gasteiger partial charge in [0.05, 0.1) is 22.5 Å². The van der Waals surface area contributed by atoms with Crippen molar-refractivity contribution in [2.75, 3.05) is 11.9 Å². The van der Waals surface area contributed by atoms with E-state index in [4.69, 9.17) is 4.52 Å². The Hall–Kier alpha value is -2.92. The number of carbonyl (C=O) groups excluding carboxylic acids is 1. The van der Waals surface area contributed by atoms with Crippen LogP contribution < -0.4 is 15.7 Å². The lowest BCUT2D eigenvalue weighted by Gasteiger charge is -2.06. The average Bonchev–Trinajstić information content (AvgIpc) is 3.09. The third-order valence-corrected chi connectivity index (χ3v) is 4.51. The van der Waals surface area contributed by atoms with E-state index in [1.54, 1.807) is 6.92 Å². The molecule has 0 atom stereocenters. The number of sulfonamides is 1. The van der Waals surface area contributed by atoms with Crippen LogP contribution in [0.2, 0.25) is 0 Å². The van der Waals surface area contributed by atoms with Crippen LogP contribution in [0.1, 0.15) is 5.76 Å². The maximum absolute atomic E-state index is 12.2. The summed E-state index contributed by atoms with van der Waals surface area (Å²) in [5.41, 5.74) is 0.401. The second-order valence-electron chi connectivity index (χ2n) is 4.98. The van der Waals surface area contributed by atoms with Crippen molar-refractivity contribution in [1.29, 1.82) is 0 Å². The molecule has 0 spiro atoms. The number of carbonyl (C=O) groups is 1. The number of imidazole rings is 1. The van der Waals surface area contributed by atoms with E-state index >= 15 is 0 Å². The lowest BCUT2D eigenvalue weighted by atomic mass is 10.3. The van der Waals surface area contributed by atoms with Crippen molar-refractivity contribution in [3.05, 3.63) is 40.5 Å². The highest BCUT2D eigenvalue weighted by atomic mass is 32.2. The summed E-state index contributed by atoms with van der Waals surface area (Å²) in [6, 6.07) is 5.59. The van der Waals surface area contributed by atoms with Gasteiger partial charge in [0, 0.05) is 6.07 Å². The predicted molar refractivity (Wildman–Crippen MR) is 84.0 cm³/mol. The Morgan fingerprint density at radius 2 is 2.00 bits per heavy atom. The molecule has 0 aliphatic heterocycles. The van der Waals surface area contributed by atoms with Crippen LogP contribution in [0.5, 0.6) is 0 Å². The fourth-order valence-corrected chi connectivity index (χ4v) is 3.04. The zero-order valence-corrected chi connectivity index (χ0v) is 13.2. The number of aromatic amines is 2. The standard InChI is InChI=1S/C13H13N5O5S/c1-7-4-11(18-23-7)17-12(19)6-14-24(21,22)8-2-3-9-10(5-8)16-13(20)15-9/h2-5,14H,6H2,1H3,(H2,15,16,20)(H,17,18,19). The topological polar surface area (TPSA) is 150 Å². The van der Waals surface area contributed by atoms with Crippen molar-refractivity contribution in [2.24, 2.45) is 0 Å². The first-order chi connectivity index (χ1) is 11.3. The number of rotatable bonds is 5. The molecule has 0 saturated heterocycles. The molecule has 1 aromatic carbocycles. The molecule has 0 aliphatic carbocycles. The normalized spacial score (nSPS) is 11.7. The second kappa shape index (κ2) is 5.94. The number of nitrogens with one attached hydrogen (secondary N) is 4. The summed E-state index contributed by atoms with van der Waals surface area (Å²) < 4.78 is 31.4. The van der Waals surface area contributed by atoms with Gasteiger partial charge in [-0.25, -0.2) is 17.9 Å². The first-order valence-corrected chi connectivity index (χ1v) is 8.27. The van der Waals surface area contributed by atoms with Crippen LogP contribution in [0.3, 0.4) is 0 Å². The third-order valence-electron chi connectivity index (χ3n) is 3.12. The molecule has 0 aliphatic rings. The molecular formula is C13H13N5O5S. The molecule has 3 rings (SSSR count). The minimum absolute atomic E-state index is 0.0738. The Morgan fingerprint density at radius 1 is 1.25 bits per heavy atom. The van der Waals surface area contributed by atoms with E-state index in [1.165, 1.54) is 24.3 Å². The molecular weight excluding hydrogens is 338 g/mol. The number of aromatic nitrogens is 3. The Balaban J connectivity index is 1.70. The van der Waals surface area contributed by atoms with Crippen molar-refractivity contribution in [1.82, 2.24) is 19.8 Å². The highest BCUT2D eigenvalue weighted by Crippen LogP contribution is 2.14. The number of hydrogen-bond donors (Lipinski definition) is 4. The van der Waals surface area contributed by atoms with Gasteiger partial charge in [-0.2, -0.15) is 0 Å².